The van der Waals surface area contributed by atoms with Crippen LogP contribution in [0.5, 0.6) is 0 Å². The summed E-state index contributed by atoms with van der Waals surface area (Å²) in [6.45, 7) is 1.36. The number of carbonyl (C=O) groups is 1. The smallest absolute Gasteiger partial charge is 0.274 e. The summed E-state index contributed by atoms with van der Waals surface area (Å²) in [6.07, 6.45) is 1.54. The van der Waals surface area contributed by atoms with Gasteiger partial charge in [-0.1, -0.05) is 0 Å². The zero-order valence-corrected chi connectivity index (χ0v) is 6.87. The van der Waals surface area contributed by atoms with Gasteiger partial charge in [0.15, 0.2) is 0 Å². The van der Waals surface area contributed by atoms with Gasteiger partial charge < -0.3 is 4.57 Å². The lowest BCUT2D eigenvalue weighted by atomic mass is 10.6. The van der Waals surface area contributed by atoms with Gasteiger partial charge in [-0.05, 0) is 0 Å². The van der Waals surface area contributed by atoms with Gasteiger partial charge in [-0.15, -0.1) is 0 Å². The molecule has 5 nitrogen and oxygen atoms in total. The van der Waals surface area contributed by atoms with Crippen LogP contribution in [0.15, 0.2) is 17.1 Å². The van der Waals surface area contributed by atoms with Gasteiger partial charge in [0.05, 0.1) is 0 Å². The Morgan fingerprint density at radius 2 is 2.33 bits per heavy atom. The van der Waals surface area contributed by atoms with Crippen molar-refractivity contribution in [3.05, 3.63) is 22.6 Å². The van der Waals surface area contributed by atoms with Crippen molar-refractivity contribution in [1.82, 2.24) is 9.55 Å². The molecule has 0 aliphatic heterocycles. The first-order valence-electron chi connectivity index (χ1n) is 3.41. The van der Waals surface area contributed by atoms with Crippen LogP contribution in [-0.2, 0) is 11.8 Å². The summed E-state index contributed by atoms with van der Waals surface area (Å²) >= 11 is 0. The van der Waals surface area contributed by atoms with Crippen LogP contribution in [-0.4, -0.2) is 15.5 Å². The summed E-state index contributed by atoms with van der Waals surface area (Å²) in [7, 11) is 1.69. The fraction of sp³-hybridized carbons (Fsp3) is 0.286. The summed E-state index contributed by atoms with van der Waals surface area (Å²) in [6, 6.07) is 1.32. The first kappa shape index (κ1) is 8.45. The van der Waals surface area contributed by atoms with Crippen molar-refractivity contribution in [3.63, 3.8) is 0 Å². The van der Waals surface area contributed by atoms with E-state index in [1.54, 1.807) is 17.8 Å². The van der Waals surface area contributed by atoms with E-state index in [4.69, 9.17) is 0 Å². The molecule has 1 aromatic rings. The quantitative estimate of drug-likeness (QED) is 0.626. The van der Waals surface area contributed by atoms with E-state index < -0.39 is 0 Å². The maximum absolute atomic E-state index is 10.7. The van der Waals surface area contributed by atoms with E-state index in [0.29, 0.717) is 0 Å². The van der Waals surface area contributed by atoms with E-state index in [-0.39, 0.29) is 17.4 Å². The van der Waals surface area contributed by atoms with Crippen molar-refractivity contribution >= 4 is 11.9 Å². The Labute approximate surface area is 69.0 Å². The van der Waals surface area contributed by atoms with E-state index in [9.17, 15) is 9.59 Å². The lowest BCUT2D eigenvalue weighted by Gasteiger charge is -2.04. The van der Waals surface area contributed by atoms with Crippen LogP contribution in [0.2, 0.25) is 0 Å². The summed E-state index contributed by atoms with van der Waals surface area (Å²) < 4.78 is 1.56. The number of hydrogen-bond donors (Lipinski definition) is 1. The van der Waals surface area contributed by atoms with Crippen LogP contribution in [0.3, 0.4) is 0 Å². The van der Waals surface area contributed by atoms with Gasteiger partial charge in [-0.2, -0.15) is 4.98 Å². The molecular formula is C7H9N3O2. The molecule has 1 N–H and O–H groups in total. The zero-order chi connectivity index (χ0) is 9.14. The van der Waals surface area contributed by atoms with Crippen molar-refractivity contribution in [2.75, 3.05) is 5.32 Å². The normalized spacial score (nSPS) is 9.50. The van der Waals surface area contributed by atoms with Crippen LogP contribution in [0.1, 0.15) is 6.92 Å². The number of carbonyl (C=O) groups excluding carboxylic acids is 1. The maximum Gasteiger partial charge on any atom is 0.274 e. The third-order valence-electron chi connectivity index (χ3n) is 1.28. The minimum Gasteiger partial charge on any atom is -0.321 e. The van der Waals surface area contributed by atoms with E-state index in [2.05, 4.69) is 10.3 Å². The topological polar surface area (TPSA) is 64.0 Å². The van der Waals surface area contributed by atoms with Gasteiger partial charge in [0.25, 0.3) is 5.56 Å². The molecule has 0 fully saturated rings. The van der Waals surface area contributed by atoms with E-state index >= 15 is 0 Å². The fourth-order valence-corrected chi connectivity index (χ4v) is 0.740. The number of nitrogens with one attached hydrogen (secondary N) is 1. The van der Waals surface area contributed by atoms with Crippen molar-refractivity contribution in [2.45, 2.75) is 6.92 Å². The molecule has 0 atom stereocenters. The summed E-state index contributed by atoms with van der Waals surface area (Å²) in [5, 5.41) is 2.43. The number of anilines is 1. The molecule has 1 rings (SSSR count). The Morgan fingerprint density at radius 1 is 1.67 bits per heavy atom. The molecule has 64 valence electrons. The van der Waals surface area contributed by atoms with Crippen LogP contribution >= 0.6 is 0 Å². The highest BCUT2D eigenvalue weighted by atomic mass is 16.1. The van der Waals surface area contributed by atoms with E-state index in [0.717, 1.165) is 0 Å². The monoisotopic (exact) mass is 167 g/mol. The van der Waals surface area contributed by atoms with Crippen LogP contribution in [0, 0.1) is 0 Å². The van der Waals surface area contributed by atoms with Gasteiger partial charge in [0, 0.05) is 26.2 Å². The van der Waals surface area contributed by atoms with E-state index in [1.807, 2.05) is 0 Å². The van der Waals surface area contributed by atoms with Gasteiger partial charge in [0.1, 0.15) is 0 Å². The Morgan fingerprint density at radius 3 is 2.92 bits per heavy atom. The Bertz CT molecular complexity index is 356. The predicted octanol–water partition coefficient (Wildman–Crippen LogP) is -0.261. The Balaban J connectivity index is 3.05. The largest absolute Gasteiger partial charge is 0.321 e. The number of hydrogen-bond acceptors (Lipinski definition) is 3. The van der Waals surface area contributed by atoms with Gasteiger partial charge in [-0.3, -0.25) is 14.9 Å². The van der Waals surface area contributed by atoms with Crippen LogP contribution in [0.4, 0.5) is 5.95 Å². The van der Waals surface area contributed by atoms with Crippen molar-refractivity contribution in [3.8, 4) is 0 Å². The maximum atomic E-state index is 10.7. The predicted molar refractivity (Wildman–Crippen MR) is 43.8 cm³/mol. The molecule has 0 spiro atoms. The number of rotatable bonds is 1. The molecule has 1 heterocycles. The Hall–Kier alpha value is -1.65. The average Bonchev–Trinajstić information content (AvgIpc) is 1.96. The fourth-order valence-electron chi connectivity index (χ4n) is 0.740. The number of nitrogens with zero attached hydrogens (tertiary/aromatic N) is 2. The van der Waals surface area contributed by atoms with Gasteiger partial charge >= 0.3 is 0 Å². The first-order valence-corrected chi connectivity index (χ1v) is 3.41. The summed E-state index contributed by atoms with van der Waals surface area (Å²) in [5.74, 6) is 0.0127. The van der Waals surface area contributed by atoms with Gasteiger partial charge in [0.2, 0.25) is 11.9 Å². The third kappa shape index (κ3) is 1.91. The van der Waals surface area contributed by atoms with Crippen molar-refractivity contribution < 1.29 is 4.79 Å². The molecule has 5 heteroatoms. The minimum absolute atomic E-state index is 0.247. The molecule has 0 aromatic carbocycles. The zero-order valence-electron chi connectivity index (χ0n) is 6.87. The molecular weight excluding hydrogens is 158 g/mol. The van der Waals surface area contributed by atoms with E-state index in [1.165, 1.54) is 13.0 Å². The molecule has 0 aliphatic carbocycles. The second-order valence-corrected chi connectivity index (χ2v) is 2.38. The highest BCUT2D eigenvalue weighted by Gasteiger charge is 1.99. The number of aryl methyl sites for hydroxylation is 1. The Kier molecular flexibility index (Phi) is 2.23. The first-order chi connectivity index (χ1) is 5.59. The molecule has 0 bridgehead atoms. The second kappa shape index (κ2) is 3.17. The molecule has 12 heavy (non-hydrogen) atoms. The lowest BCUT2D eigenvalue weighted by Crippen LogP contribution is -2.18. The molecule has 0 radical (unpaired) electrons. The number of amides is 1. The molecule has 1 amide bonds. The van der Waals surface area contributed by atoms with Crippen molar-refractivity contribution in [2.24, 2.45) is 7.05 Å². The van der Waals surface area contributed by atoms with Crippen LogP contribution < -0.4 is 10.9 Å². The third-order valence-corrected chi connectivity index (χ3v) is 1.28. The van der Waals surface area contributed by atoms with Gasteiger partial charge in [-0.25, -0.2) is 0 Å². The molecule has 1 aromatic heterocycles. The van der Waals surface area contributed by atoms with Crippen molar-refractivity contribution in [1.29, 1.82) is 0 Å². The summed E-state index contributed by atoms with van der Waals surface area (Å²) in [5.41, 5.74) is -0.364. The van der Waals surface area contributed by atoms with Crippen LogP contribution in [0.25, 0.3) is 0 Å². The molecule has 0 aliphatic rings. The number of aromatic nitrogens is 2. The summed E-state index contributed by atoms with van der Waals surface area (Å²) in [4.78, 5) is 24.9. The molecule has 0 saturated heterocycles. The standard InChI is InChI=1S/C7H9N3O2/c1-5(11)8-7-9-6(12)3-4-10(7)2/h3-4H,1-2H3,(H,8,9,11,12). The lowest BCUT2D eigenvalue weighted by molar-refractivity contribution is -0.114. The molecule has 0 saturated carbocycles. The minimum atomic E-state index is -0.364. The second-order valence-electron chi connectivity index (χ2n) is 2.38. The SMILES string of the molecule is CC(=O)Nc1nc(=O)ccn1C. The average molecular weight is 167 g/mol. The molecule has 0 unspecified atom stereocenters. The highest BCUT2D eigenvalue weighted by Crippen LogP contribution is 1.95. The highest BCUT2D eigenvalue weighted by molar-refractivity contribution is 5.86.